The van der Waals surface area contributed by atoms with Crippen LogP contribution in [0.3, 0.4) is 0 Å². The van der Waals surface area contributed by atoms with Crippen LogP contribution in [0.1, 0.15) is 42.4 Å². The lowest BCUT2D eigenvalue weighted by molar-refractivity contribution is -0.129. The van der Waals surface area contributed by atoms with Gasteiger partial charge in [-0.15, -0.1) is 0 Å². The molecule has 0 fully saturated rings. The number of carboxylic acids is 1. The predicted octanol–water partition coefficient (Wildman–Crippen LogP) is 1.41. The Morgan fingerprint density at radius 3 is 2.71 bits per heavy atom. The molecular formula is C16H18N4O4. The molecule has 0 spiro atoms. The maximum absolute atomic E-state index is 12.5. The average Bonchev–Trinajstić information content (AvgIpc) is 2.80. The zero-order valence-electron chi connectivity index (χ0n) is 13.9. The molecule has 1 unspecified atom stereocenters. The fourth-order valence-electron chi connectivity index (χ4n) is 2.36. The number of amidine groups is 1. The average molecular weight is 330 g/mol. The Hall–Kier alpha value is -2.79. The topological polar surface area (TPSA) is 116 Å². The van der Waals surface area contributed by atoms with Crippen molar-refractivity contribution >= 4 is 17.7 Å². The largest absolute Gasteiger partial charge is 0.478 e. The molecule has 1 aliphatic rings. The Morgan fingerprint density at radius 1 is 1.54 bits per heavy atom. The molecule has 24 heavy (non-hydrogen) atoms. The predicted molar refractivity (Wildman–Crippen MR) is 84.1 cm³/mol. The first-order valence-corrected chi connectivity index (χ1v) is 7.32. The van der Waals surface area contributed by atoms with Crippen molar-refractivity contribution in [2.24, 2.45) is 10.9 Å². The molecule has 1 amide bonds. The number of nitrogens with zero attached hydrogens (tertiary/aromatic N) is 4. The third kappa shape index (κ3) is 2.74. The number of carbonyl (C=O) groups excluding carboxylic acids is 1. The Balaban J connectivity index is 2.64. The highest BCUT2D eigenvalue weighted by Crippen LogP contribution is 2.32. The number of aromatic carboxylic acids is 1. The number of ether oxygens (including phenoxy) is 1. The van der Waals surface area contributed by atoms with E-state index in [1.165, 1.54) is 19.4 Å². The fourth-order valence-corrected chi connectivity index (χ4v) is 2.36. The zero-order valence-corrected chi connectivity index (χ0v) is 13.9. The summed E-state index contributed by atoms with van der Waals surface area (Å²) in [5, 5.41) is 18.8. The molecule has 8 nitrogen and oxygen atoms in total. The van der Waals surface area contributed by atoms with Gasteiger partial charge in [0.25, 0.3) is 5.91 Å². The van der Waals surface area contributed by atoms with E-state index in [-0.39, 0.29) is 29.6 Å². The third-order valence-electron chi connectivity index (χ3n) is 4.11. The Labute approximate surface area is 139 Å². The smallest absolute Gasteiger partial charge is 0.338 e. The Morgan fingerprint density at radius 2 is 2.21 bits per heavy atom. The number of pyridine rings is 1. The second kappa shape index (κ2) is 6.37. The highest BCUT2D eigenvalue weighted by atomic mass is 16.5. The Kier molecular flexibility index (Phi) is 4.66. The summed E-state index contributed by atoms with van der Waals surface area (Å²) in [6.07, 6.45) is 3.22. The summed E-state index contributed by atoms with van der Waals surface area (Å²) in [6, 6.07) is 1.40. The summed E-state index contributed by atoms with van der Waals surface area (Å²) >= 11 is 0. The summed E-state index contributed by atoms with van der Waals surface area (Å²) < 4.78 is 4.97. The number of carbonyl (C=O) groups is 2. The highest BCUT2D eigenvalue weighted by Gasteiger charge is 2.48. The molecular weight excluding hydrogens is 312 g/mol. The van der Waals surface area contributed by atoms with Crippen molar-refractivity contribution in [1.29, 1.82) is 5.26 Å². The summed E-state index contributed by atoms with van der Waals surface area (Å²) in [4.78, 5) is 33.4. The first kappa shape index (κ1) is 17.6. The number of methoxy groups -OCH3 is 1. The van der Waals surface area contributed by atoms with Crippen LogP contribution < -0.4 is 0 Å². The van der Waals surface area contributed by atoms with Gasteiger partial charge in [0, 0.05) is 13.3 Å². The van der Waals surface area contributed by atoms with E-state index in [1.54, 1.807) is 13.1 Å². The molecule has 2 rings (SSSR count). The normalized spacial score (nSPS) is 20.2. The molecule has 126 valence electrons. The summed E-state index contributed by atoms with van der Waals surface area (Å²) in [7, 11) is 1.49. The van der Waals surface area contributed by atoms with Gasteiger partial charge in [0.15, 0.2) is 12.0 Å². The maximum Gasteiger partial charge on any atom is 0.338 e. The monoisotopic (exact) mass is 330 g/mol. The molecule has 0 radical (unpaired) electrons. The maximum atomic E-state index is 12.5. The molecule has 1 N–H and O–H groups in total. The summed E-state index contributed by atoms with van der Waals surface area (Å²) in [5.74, 6) is -1.92. The van der Waals surface area contributed by atoms with Crippen molar-refractivity contribution in [1.82, 2.24) is 9.88 Å². The number of hydrogen-bond donors (Lipinski definition) is 1. The van der Waals surface area contributed by atoms with Crippen LogP contribution in [0.15, 0.2) is 17.3 Å². The van der Waals surface area contributed by atoms with E-state index in [9.17, 15) is 20.0 Å². The van der Waals surface area contributed by atoms with Gasteiger partial charge in [0.2, 0.25) is 0 Å². The Bertz CT molecular complexity index is 766. The fraction of sp³-hybridized carbons (Fsp3) is 0.438. The first-order chi connectivity index (χ1) is 11.3. The lowest BCUT2D eigenvalue weighted by atomic mass is 9.89. The minimum atomic E-state index is -1.22. The molecule has 8 heteroatoms. The van der Waals surface area contributed by atoms with Crippen LogP contribution >= 0.6 is 0 Å². The number of amides is 1. The number of nitriles is 1. The van der Waals surface area contributed by atoms with Crippen LogP contribution in [0.2, 0.25) is 0 Å². The SMILES string of the molecule is COCc1cnc(C2=NC(C)(C(C)C)C(=O)N2C#N)c(C(=O)O)c1. The summed E-state index contributed by atoms with van der Waals surface area (Å²) in [5.41, 5.74) is -0.710. The summed E-state index contributed by atoms with van der Waals surface area (Å²) in [6.45, 7) is 5.45. The van der Waals surface area contributed by atoms with Crippen molar-refractivity contribution in [3.05, 3.63) is 29.1 Å². The first-order valence-electron chi connectivity index (χ1n) is 7.32. The number of aliphatic imine (C=N–C) groups is 1. The van der Waals surface area contributed by atoms with Gasteiger partial charge < -0.3 is 9.84 Å². The van der Waals surface area contributed by atoms with Crippen LogP contribution in [0.4, 0.5) is 0 Å². The number of rotatable bonds is 5. The number of hydrogen-bond acceptors (Lipinski definition) is 6. The standard InChI is InChI=1S/C16H18N4O4/c1-9(2)16(3)15(23)20(8-17)13(19-16)12-11(14(21)22)5-10(6-18-12)7-24-4/h5-6,9H,7H2,1-4H3,(H,21,22). The minimum absolute atomic E-state index is 0.0124. The van der Waals surface area contributed by atoms with E-state index >= 15 is 0 Å². The number of carboxylic acid groups (broad SMARTS) is 1. The molecule has 2 heterocycles. The minimum Gasteiger partial charge on any atom is -0.478 e. The van der Waals surface area contributed by atoms with Crippen molar-refractivity contribution in [3.63, 3.8) is 0 Å². The van der Waals surface area contributed by atoms with Crippen molar-refractivity contribution in [2.75, 3.05) is 7.11 Å². The van der Waals surface area contributed by atoms with Gasteiger partial charge in [-0.2, -0.15) is 10.2 Å². The van der Waals surface area contributed by atoms with E-state index in [0.29, 0.717) is 5.56 Å². The van der Waals surface area contributed by atoms with Gasteiger partial charge >= 0.3 is 5.97 Å². The van der Waals surface area contributed by atoms with Gasteiger partial charge in [-0.1, -0.05) is 13.8 Å². The highest BCUT2D eigenvalue weighted by molar-refractivity contribution is 6.18. The van der Waals surface area contributed by atoms with E-state index in [2.05, 4.69) is 9.98 Å². The van der Waals surface area contributed by atoms with Crippen LogP contribution in [-0.2, 0) is 16.1 Å². The van der Waals surface area contributed by atoms with E-state index in [4.69, 9.17) is 4.74 Å². The van der Waals surface area contributed by atoms with Crippen molar-refractivity contribution < 1.29 is 19.4 Å². The van der Waals surface area contributed by atoms with E-state index in [0.717, 1.165) is 4.90 Å². The van der Waals surface area contributed by atoms with E-state index in [1.807, 2.05) is 13.8 Å². The molecule has 1 aromatic rings. The van der Waals surface area contributed by atoms with Gasteiger partial charge in [-0.25, -0.2) is 9.79 Å². The van der Waals surface area contributed by atoms with Gasteiger partial charge in [0.05, 0.1) is 12.2 Å². The van der Waals surface area contributed by atoms with Gasteiger partial charge in [0.1, 0.15) is 11.2 Å². The second-order valence-electron chi connectivity index (χ2n) is 5.96. The third-order valence-corrected chi connectivity index (χ3v) is 4.11. The lowest BCUT2D eigenvalue weighted by Gasteiger charge is -2.22. The molecule has 0 aliphatic carbocycles. The van der Waals surface area contributed by atoms with Gasteiger partial charge in [-0.05, 0) is 24.5 Å². The van der Waals surface area contributed by atoms with Crippen LogP contribution in [-0.4, -0.2) is 45.4 Å². The molecule has 0 saturated carbocycles. The van der Waals surface area contributed by atoms with E-state index < -0.39 is 17.4 Å². The molecule has 1 aliphatic heterocycles. The second-order valence-corrected chi connectivity index (χ2v) is 5.96. The molecule has 0 aromatic carbocycles. The van der Waals surface area contributed by atoms with Crippen LogP contribution in [0.25, 0.3) is 0 Å². The molecule has 0 saturated heterocycles. The lowest BCUT2D eigenvalue weighted by Crippen LogP contribution is -2.42. The quantitative estimate of drug-likeness (QED) is 0.816. The number of aromatic nitrogens is 1. The van der Waals surface area contributed by atoms with Gasteiger partial charge in [-0.3, -0.25) is 9.78 Å². The van der Waals surface area contributed by atoms with Crippen molar-refractivity contribution in [3.8, 4) is 6.19 Å². The molecule has 1 atom stereocenters. The zero-order chi connectivity index (χ0) is 18.1. The molecule has 0 bridgehead atoms. The molecule has 1 aromatic heterocycles. The van der Waals surface area contributed by atoms with Crippen LogP contribution in [0, 0.1) is 17.4 Å². The van der Waals surface area contributed by atoms with Crippen LogP contribution in [0.5, 0.6) is 0 Å². The van der Waals surface area contributed by atoms with Crippen molar-refractivity contribution in [2.45, 2.75) is 32.9 Å².